The smallest absolute Gasteiger partial charge is 0.251 e. The normalized spacial score (nSPS) is 11.6. The highest BCUT2D eigenvalue weighted by Gasteiger charge is 2.24. The van der Waals surface area contributed by atoms with E-state index in [9.17, 15) is 14.0 Å². The van der Waals surface area contributed by atoms with Crippen molar-refractivity contribution >= 4 is 11.8 Å². The molecule has 0 aromatic heterocycles. The number of hydrogen-bond donors (Lipinski definition) is 2. The summed E-state index contributed by atoms with van der Waals surface area (Å²) in [5, 5.41) is 5.45. The SMILES string of the molecule is COc1ccccc1OCCNC(=O)C(NC(=O)c1ccc(F)cc1)C(C)C. The summed E-state index contributed by atoms with van der Waals surface area (Å²) in [6, 6.07) is 11.7. The Morgan fingerprint density at radius 1 is 1.04 bits per heavy atom. The molecule has 0 aliphatic carbocycles. The Bertz CT molecular complexity index is 793. The lowest BCUT2D eigenvalue weighted by molar-refractivity contribution is -0.124. The summed E-state index contributed by atoms with van der Waals surface area (Å²) in [4.78, 5) is 24.8. The fourth-order valence-corrected chi connectivity index (χ4v) is 2.54. The predicted octanol–water partition coefficient (Wildman–Crippen LogP) is 2.78. The fourth-order valence-electron chi connectivity index (χ4n) is 2.54. The topological polar surface area (TPSA) is 76.7 Å². The first-order valence-electron chi connectivity index (χ1n) is 9.02. The zero-order valence-electron chi connectivity index (χ0n) is 16.2. The number of halogens is 1. The van der Waals surface area contributed by atoms with Gasteiger partial charge in [0.15, 0.2) is 11.5 Å². The summed E-state index contributed by atoms with van der Waals surface area (Å²) in [5.41, 5.74) is 0.291. The van der Waals surface area contributed by atoms with E-state index in [4.69, 9.17) is 9.47 Å². The quantitative estimate of drug-likeness (QED) is 0.648. The van der Waals surface area contributed by atoms with E-state index in [-0.39, 0.29) is 25.0 Å². The Labute approximate surface area is 164 Å². The van der Waals surface area contributed by atoms with Crippen LogP contribution in [0, 0.1) is 11.7 Å². The van der Waals surface area contributed by atoms with Crippen LogP contribution in [0.25, 0.3) is 0 Å². The van der Waals surface area contributed by atoms with Gasteiger partial charge < -0.3 is 20.1 Å². The third-order valence-electron chi connectivity index (χ3n) is 4.07. The van der Waals surface area contributed by atoms with Gasteiger partial charge in [-0.2, -0.15) is 0 Å². The molecule has 0 fully saturated rings. The molecular weight excluding hydrogens is 363 g/mol. The monoisotopic (exact) mass is 388 g/mol. The number of rotatable bonds is 9. The van der Waals surface area contributed by atoms with E-state index in [1.165, 1.54) is 24.3 Å². The molecule has 0 radical (unpaired) electrons. The van der Waals surface area contributed by atoms with Crippen LogP contribution in [0.3, 0.4) is 0 Å². The molecule has 28 heavy (non-hydrogen) atoms. The minimum absolute atomic E-state index is 0.125. The van der Waals surface area contributed by atoms with E-state index >= 15 is 0 Å². The minimum atomic E-state index is -0.719. The van der Waals surface area contributed by atoms with Crippen LogP contribution >= 0.6 is 0 Å². The van der Waals surface area contributed by atoms with E-state index in [1.54, 1.807) is 19.2 Å². The molecule has 0 spiro atoms. The van der Waals surface area contributed by atoms with E-state index < -0.39 is 17.8 Å². The molecule has 2 N–H and O–H groups in total. The van der Waals surface area contributed by atoms with Crippen molar-refractivity contribution in [3.63, 3.8) is 0 Å². The molecule has 1 unspecified atom stereocenters. The number of hydrogen-bond acceptors (Lipinski definition) is 4. The maximum atomic E-state index is 13.0. The molecule has 0 bridgehead atoms. The summed E-state index contributed by atoms with van der Waals surface area (Å²) < 4.78 is 23.8. The van der Waals surface area contributed by atoms with Crippen molar-refractivity contribution in [3.05, 3.63) is 59.9 Å². The van der Waals surface area contributed by atoms with Crippen molar-refractivity contribution in [1.29, 1.82) is 0 Å². The summed E-state index contributed by atoms with van der Waals surface area (Å²) in [6.45, 7) is 4.19. The van der Waals surface area contributed by atoms with E-state index in [2.05, 4.69) is 10.6 Å². The van der Waals surface area contributed by atoms with Crippen LogP contribution in [0.2, 0.25) is 0 Å². The number of methoxy groups -OCH3 is 1. The highest BCUT2D eigenvalue weighted by molar-refractivity contribution is 5.97. The number of nitrogens with one attached hydrogen (secondary N) is 2. The lowest BCUT2D eigenvalue weighted by Gasteiger charge is -2.22. The van der Waals surface area contributed by atoms with Crippen LogP contribution in [0.15, 0.2) is 48.5 Å². The van der Waals surface area contributed by atoms with Gasteiger partial charge in [-0.15, -0.1) is 0 Å². The van der Waals surface area contributed by atoms with Gasteiger partial charge in [0.05, 0.1) is 13.7 Å². The van der Waals surface area contributed by atoms with Crippen LogP contribution in [-0.4, -0.2) is 38.1 Å². The summed E-state index contributed by atoms with van der Waals surface area (Å²) >= 11 is 0. The maximum Gasteiger partial charge on any atom is 0.251 e. The van der Waals surface area contributed by atoms with Crippen molar-refractivity contribution in [2.75, 3.05) is 20.3 Å². The second kappa shape index (κ2) is 10.3. The van der Waals surface area contributed by atoms with Gasteiger partial charge in [0.1, 0.15) is 18.5 Å². The summed E-state index contributed by atoms with van der Waals surface area (Å²) in [6.07, 6.45) is 0. The zero-order chi connectivity index (χ0) is 20.5. The van der Waals surface area contributed by atoms with Crippen molar-refractivity contribution in [2.45, 2.75) is 19.9 Å². The number of benzene rings is 2. The number of carbonyl (C=O) groups is 2. The van der Waals surface area contributed by atoms with Crippen molar-refractivity contribution in [2.24, 2.45) is 5.92 Å². The highest BCUT2D eigenvalue weighted by Crippen LogP contribution is 2.25. The Morgan fingerprint density at radius 2 is 1.68 bits per heavy atom. The third kappa shape index (κ3) is 5.97. The molecule has 2 aromatic rings. The first kappa shape index (κ1) is 21.2. The summed E-state index contributed by atoms with van der Waals surface area (Å²) in [7, 11) is 1.56. The number of carbonyl (C=O) groups excluding carboxylic acids is 2. The Balaban J connectivity index is 1.86. The van der Waals surface area contributed by atoms with Crippen LogP contribution in [0.1, 0.15) is 24.2 Å². The first-order chi connectivity index (χ1) is 13.4. The molecule has 6 nitrogen and oxygen atoms in total. The number of para-hydroxylation sites is 2. The van der Waals surface area contributed by atoms with Crippen LogP contribution in [0.5, 0.6) is 11.5 Å². The minimum Gasteiger partial charge on any atom is -0.493 e. The second-order valence-corrected chi connectivity index (χ2v) is 6.49. The van der Waals surface area contributed by atoms with Gasteiger partial charge in [0.25, 0.3) is 5.91 Å². The van der Waals surface area contributed by atoms with E-state index in [0.29, 0.717) is 17.1 Å². The van der Waals surface area contributed by atoms with Gasteiger partial charge in [0, 0.05) is 5.56 Å². The molecule has 0 heterocycles. The van der Waals surface area contributed by atoms with Gasteiger partial charge in [-0.25, -0.2) is 4.39 Å². The van der Waals surface area contributed by atoms with Crippen LogP contribution < -0.4 is 20.1 Å². The average molecular weight is 388 g/mol. The van der Waals surface area contributed by atoms with Gasteiger partial charge in [0.2, 0.25) is 5.91 Å². The predicted molar refractivity (Wildman–Crippen MR) is 104 cm³/mol. The molecule has 7 heteroatoms. The molecule has 0 saturated carbocycles. The molecule has 0 aliphatic rings. The van der Waals surface area contributed by atoms with Crippen molar-refractivity contribution in [1.82, 2.24) is 10.6 Å². The van der Waals surface area contributed by atoms with Gasteiger partial charge in [-0.05, 0) is 42.3 Å². The maximum absolute atomic E-state index is 13.0. The number of amides is 2. The fraction of sp³-hybridized carbons (Fsp3) is 0.333. The van der Waals surface area contributed by atoms with Crippen LogP contribution in [-0.2, 0) is 4.79 Å². The van der Waals surface area contributed by atoms with Gasteiger partial charge >= 0.3 is 0 Å². The Hall–Kier alpha value is -3.09. The van der Waals surface area contributed by atoms with Crippen molar-refractivity contribution in [3.8, 4) is 11.5 Å². The van der Waals surface area contributed by atoms with Gasteiger partial charge in [-0.1, -0.05) is 26.0 Å². The third-order valence-corrected chi connectivity index (χ3v) is 4.07. The molecule has 2 rings (SSSR count). The Morgan fingerprint density at radius 3 is 2.29 bits per heavy atom. The van der Waals surface area contributed by atoms with Crippen molar-refractivity contribution < 1.29 is 23.5 Å². The standard InChI is InChI=1S/C21H25FN2O4/c1-14(2)19(24-20(25)15-8-10-16(22)11-9-15)21(26)23-12-13-28-18-7-5-4-6-17(18)27-3/h4-11,14,19H,12-13H2,1-3H3,(H,23,26)(H,24,25). The molecular formula is C21H25FN2O4. The van der Waals surface area contributed by atoms with Crippen LogP contribution in [0.4, 0.5) is 4.39 Å². The molecule has 150 valence electrons. The lowest BCUT2D eigenvalue weighted by Crippen LogP contribution is -2.50. The summed E-state index contributed by atoms with van der Waals surface area (Å²) in [5.74, 6) is -0.0952. The highest BCUT2D eigenvalue weighted by atomic mass is 19.1. The number of ether oxygens (including phenoxy) is 2. The molecule has 0 saturated heterocycles. The van der Waals surface area contributed by atoms with E-state index in [0.717, 1.165) is 0 Å². The Kier molecular flexibility index (Phi) is 7.80. The van der Waals surface area contributed by atoms with E-state index in [1.807, 2.05) is 26.0 Å². The van der Waals surface area contributed by atoms with Gasteiger partial charge in [-0.3, -0.25) is 9.59 Å². The molecule has 2 aromatic carbocycles. The lowest BCUT2D eigenvalue weighted by atomic mass is 10.0. The molecule has 1 atom stereocenters. The first-order valence-corrected chi connectivity index (χ1v) is 9.02. The largest absolute Gasteiger partial charge is 0.493 e. The zero-order valence-corrected chi connectivity index (χ0v) is 16.2. The molecule has 2 amide bonds. The molecule has 0 aliphatic heterocycles. The second-order valence-electron chi connectivity index (χ2n) is 6.49. The average Bonchev–Trinajstić information content (AvgIpc) is 2.69.